The molecule has 1 atom stereocenters. The number of nitrogens with zero attached hydrogens (tertiary/aromatic N) is 1. The summed E-state index contributed by atoms with van der Waals surface area (Å²) in [7, 11) is -3.87. The maximum absolute atomic E-state index is 14.0. The highest BCUT2D eigenvalue weighted by Gasteiger charge is 2.22. The van der Waals surface area contributed by atoms with Crippen molar-refractivity contribution in [1.29, 1.82) is 0 Å². The van der Waals surface area contributed by atoms with Gasteiger partial charge in [0.15, 0.2) is 0 Å². The van der Waals surface area contributed by atoms with E-state index in [1.807, 2.05) is 4.90 Å². The van der Waals surface area contributed by atoms with Crippen molar-refractivity contribution >= 4 is 15.7 Å². The zero-order valence-corrected chi connectivity index (χ0v) is 11.4. The van der Waals surface area contributed by atoms with E-state index in [9.17, 15) is 12.8 Å². The molecule has 0 spiro atoms. The van der Waals surface area contributed by atoms with Crippen LogP contribution in [0.25, 0.3) is 0 Å². The fourth-order valence-electron chi connectivity index (χ4n) is 2.40. The fraction of sp³-hybridized carbons (Fsp3) is 0.500. The number of rotatable bonds is 3. The molecule has 2 rings (SSSR count). The maximum atomic E-state index is 14.0. The third kappa shape index (κ3) is 3.23. The van der Waals surface area contributed by atoms with E-state index in [4.69, 9.17) is 10.9 Å². The SMILES string of the molecule is NCC1CCCN(c2ccc(S(N)(=O)=O)cc2F)C1. The highest BCUT2D eigenvalue weighted by molar-refractivity contribution is 7.89. The van der Waals surface area contributed by atoms with Crippen molar-refractivity contribution in [1.82, 2.24) is 0 Å². The molecular formula is C12H18FN3O2S. The van der Waals surface area contributed by atoms with Crippen molar-refractivity contribution in [2.45, 2.75) is 17.7 Å². The molecule has 7 heteroatoms. The molecule has 1 aliphatic heterocycles. The standard InChI is InChI=1S/C12H18FN3O2S/c13-11-6-10(19(15,17)18)3-4-12(11)16-5-1-2-9(7-14)8-16/h3-4,6,9H,1-2,5,7-8,14H2,(H2,15,17,18). The molecule has 1 heterocycles. The average Bonchev–Trinajstić information content (AvgIpc) is 2.37. The van der Waals surface area contributed by atoms with Crippen LogP contribution in [-0.4, -0.2) is 28.1 Å². The molecule has 1 fully saturated rings. The number of hydrogen-bond acceptors (Lipinski definition) is 4. The number of anilines is 1. The molecule has 4 N–H and O–H groups in total. The van der Waals surface area contributed by atoms with Crippen LogP contribution < -0.4 is 15.8 Å². The van der Waals surface area contributed by atoms with Gasteiger partial charge in [-0.1, -0.05) is 0 Å². The molecule has 0 aromatic heterocycles. The molecule has 0 saturated carbocycles. The third-order valence-corrected chi connectivity index (χ3v) is 4.35. The van der Waals surface area contributed by atoms with E-state index in [0.29, 0.717) is 24.7 Å². The lowest BCUT2D eigenvalue weighted by atomic mass is 9.98. The van der Waals surface area contributed by atoms with E-state index < -0.39 is 15.8 Å². The first kappa shape index (κ1) is 14.2. The second kappa shape index (κ2) is 5.44. The van der Waals surface area contributed by atoms with Crippen LogP contribution in [0, 0.1) is 11.7 Å². The average molecular weight is 287 g/mol. The molecule has 1 aliphatic rings. The summed E-state index contributed by atoms with van der Waals surface area (Å²) in [4.78, 5) is 1.70. The first-order valence-corrected chi connectivity index (χ1v) is 7.74. The van der Waals surface area contributed by atoms with Crippen molar-refractivity contribution in [2.75, 3.05) is 24.5 Å². The van der Waals surface area contributed by atoms with Crippen LogP contribution in [0.5, 0.6) is 0 Å². The normalized spacial score (nSPS) is 20.6. The van der Waals surface area contributed by atoms with Gasteiger partial charge in [0.2, 0.25) is 10.0 Å². The summed E-state index contributed by atoms with van der Waals surface area (Å²) in [5.41, 5.74) is 6.05. The summed E-state index contributed by atoms with van der Waals surface area (Å²) in [6, 6.07) is 3.77. The first-order chi connectivity index (χ1) is 8.91. The van der Waals surface area contributed by atoms with Gasteiger partial charge in [0.1, 0.15) is 5.82 Å². The number of piperidine rings is 1. The molecule has 19 heavy (non-hydrogen) atoms. The third-order valence-electron chi connectivity index (χ3n) is 3.44. The van der Waals surface area contributed by atoms with Crippen LogP contribution in [0.4, 0.5) is 10.1 Å². The summed E-state index contributed by atoms with van der Waals surface area (Å²) in [6.45, 7) is 2.03. The Morgan fingerprint density at radius 1 is 1.42 bits per heavy atom. The Hall–Kier alpha value is -1.18. The summed E-state index contributed by atoms with van der Waals surface area (Å²) in [5, 5.41) is 4.97. The minimum absolute atomic E-state index is 0.207. The van der Waals surface area contributed by atoms with Gasteiger partial charge >= 0.3 is 0 Å². The van der Waals surface area contributed by atoms with E-state index in [2.05, 4.69) is 0 Å². The molecule has 1 unspecified atom stereocenters. The van der Waals surface area contributed by atoms with Gasteiger partial charge in [-0.15, -0.1) is 0 Å². The van der Waals surface area contributed by atoms with E-state index in [0.717, 1.165) is 25.5 Å². The lowest BCUT2D eigenvalue weighted by molar-refractivity contribution is 0.420. The molecule has 0 bridgehead atoms. The smallest absolute Gasteiger partial charge is 0.238 e. The van der Waals surface area contributed by atoms with Gasteiger partial charge in [0.05, 0.1) is 10.6 Å². The molecule has 0 aliphatic carbocycles. The van der Waals surface area contributed by atoms with Gasteiger partial charge in [0.25, 0.3) is 0 Å². The van der Waals surface area contributed by atoms with Crippen LogP contribution in [0.3, 0.4) is 0 Å². The fourth-order valence-corrected chi connectivity index (χ4v) is 2.92. The summed E-state index contributed by atoms with van der Waals surface area (Å²) < 4.78 is 36.3. The van der Waals surface area contributed by atoms with Crippen LogP contribution in [0.15, 0.2) is 23.1 Å². The summed E-state index contributed by atoms with van der Waals surface area (Å²) in [6.07, 6.45) is 2.00. The van der Waals surface area contributed by atoms with Gasteiger partial charge < -0.3 is 10.6 Å². The van der Waals surface area contributed by atoms with Crippen LogP contribution in [0.1, 0.15) is 12.8 Å². The zero-order chi connectivity index (χ0) is 14.0. The number of primary sulfonamides is 1. The minimum Gasteiger partial charge on any atom is -0.369 e. The molecule has 106 valence electrons. The molecular weight excluding hydrogens is 269 g/mol. The Labute approximate surface area is 112 Å². The quantitative estimate of drug-likeness (QED) is 0.854. The van der Waals surface area contributed by atoms with Crippen LogP contribution >= 0.6 is 0 Å². The summed E-state index contributed by atoms with van der Waals surface area (Å²) in [5.74, 6) is -0.213. The molecule has 1 aromatic carbocycles. The zero-order valence-electron chi connectivity index (χ0n) is 10.5. The van der Waals surface area contributed by atoms with E-state index in [-0.39, 0.29) is 4.90 Å². The second-order valence-electron chi connectivity index (χ2n) is 4.85. The van der Waals surface area contributed by atoms with Gasteiger partial charge in [-0.05, 0) is 43.5 Å². The van der Waals surface area contributed by atoms with Crippen molar-refractivity contribution in [3.8, 4) is 0 Å². The topological polar surface area (TPSA) is 89.4 Å². The highest BCUT2D eigenvalue weighted by Crippen LogP contribution is 2.26. The summed E-state index contributed by atoms with van der Waals surface area (Å²) >= 11 is 0. The Balaban J connectivity index is 2.26. The molecule has 1 aromatic rings. The predicted molar refractivity (Wildman–Crippen MR) is 71.8 cm³/mol. The monoisotopic (exact) mass is 287 g/mol. The van der Waals surface area contributed by atoms with E-state index in [1.165, 1.54) is 12.1 Å². The van der Waals surface area contributed by atoms with Gasteiger partial charge in [-0.2, -0.15) is 0 Å². The van der Waals surface area contributed by atoms with Crippen LogP contribution in [0.2, 0.25) is 0 Å². The van der Waals surface area contributed by atoms with E-state index >= 15 is 0 Å². The lowest BCUT2D eigenvalue weighted by Crippen LogP contribution is -2.38. The number of hydrogen-bond donors (Lipinski definition) is 2. The van der Waals surface area contributed by atoms with Crippen molar-refractivity contribution in [3.63, 3.8) is 0 Å². The van der Waals surface area contributed by atoms with Crippen molar-refractivity contribution < 1.29 is 12.8 Å². The second-order valence-corrected chi connectivity index (χ2v) is 6.41. The lowest BCUT2D eigenvalue weighted by Gasteiger charge is -2.34. The predicted octanol–water partition coefficient (Wildman–Crippen LogP) is 0.648. The van der Waals surface area contributed by atoms with Gasteiger partial charge in [-0.3, -0.25) is 0 Å². The number of nitrogens with two attached hydrogens (primary N) is 2. The molecule has 0 radical (unpaired) electrons. The maximum Gasteiger partial charge on any atom is 0.238 e. The van der Waals surface area contributed by atoms with Gasteiger partial charge in [-0.25, -0.2) is 17.9 Å². The van der Waals surface area contributed by atoms with Crippen molar-refractivity contribution in [3.05, 3.63) is 24.0 Å². The van der Waals surface area contributed by atoms with Gasteiger partial charge in [0, 0.05) is 13.1 Å². The van der Waals surface area contributed by atoms with Crippen molar-refractivity contribution in [2.24, 2.45) is 16.8 Å². The number of halogens is 1. The minimum atomic E-state index is -3.87. The Morgan fingerprint density at radius 3 is 2.74 bits per heavy atom. The molecule has 5 nitrogen and oxygen atoms in total. The largest absolute Gasteiger partial charge is 0.369 e. The highest BCUT2D eigenvalue weighted by atomic mass is 32.2. The molecule has 1 saturated heterocycles. The van der Waals surface area contributed by atoms with Crippen LogP contribution in [-0.2, 0) is 10.0 Å². The Bertz CT molecular complexity index is 562. The Morgan fingerprint density at radius 2 is 2.16 bits per heavy atom. The number of sulfonamides is 1. The number of benzene rings is 1. The van der Waals surface area contributed by atoms with E-state index in [1.54, 1.807) is 0 Å². The Kier molecular flexibility index (Phi) is 4.07. The molecule has 0 amide bonds. The first-order valence-electron chi connectivity index (χ1n) is 6.19.